The maximum Gasteiger partial charge on any atom is 0.260 e. The fraction of sp³-hybridized carbons (Fsp3) is 0.105. The van der Waals surface area contributed by atoms with Crippen molar-refractivity contribution in [3.63, 3.8) is 0 Å². The number of pyridine rings is 3. The molecule has 0 aromatic carbocycles. The highest BCUT2D eigenvalue weighted by Crippen LogP contribution is 2.22. The summed E-state index contributed by atoms with van der Waals surface area (Å²) < 4.78 is 19.3. The van der Waals surface area contributed by atoms with Gasteiger partial charge in [-0.05, 0) is 24.3 Å². The Balaban J connectivity index is 1.63. The van der Waals surface area contributed by atoms with Gasteiger partial charge >= 0.3 is 0 Å². The number of aromatic nitrogens is 7. The first kappa shape index (κ1) is 16.3. The van der Waals surface area contributed by atoms with Gasteiger partial charge in [-0.3, -0.25) is 18.9 Å². The second-order valence-corrected chi connectivity index (χ2v) is 6.47. The van der Waals surface area contributed by atoms with Crippen LogP contribution in [0.25, 0.3) is 27.7 Å². The zero-order valence-corrected chi connectivity index (χ0v) is 14.8. The predicted molar refractivity (Wildman–Crippen MR) is 100 cm³/mol. The molecule has 28 heavy (non-hydrogen) atoms. The van der Waals surface area contributed by atoms with Gasteiger partial charge in [0.15, 0.2) is 17.3 Å². The summed E-state index contributed by atoms with van der Waals surface area (Å²) in [4.78, 5) is 16.9. The summed E-state index contributed by atoms with van der Waals surface area (Å²) in [5, 5.41) is 12.7. The standard InChI is InChI=1S/C19H14FN7O/c1-25-9-13(8-22-25)12-7-15(20)18-24-23-17(27(18)10-12)11-26-6-4-16-14(19(26)28)3-2-5-21-16/h2-10H,11H2,1H3. The molecule has 0 amide bonds. The van der Waals surface area contributed by atoms with Crippen LogP contribution < -0.4 is 5.56 Å². The third-order valence-corrected chi connectivity index (χ3v) is 4.62. The average Bonchev–Trinajstić information content (AvgIpc) is 3.31. The van der Waals surface area contributed by atoms with Gasteiger partial charge in [0.25, 0.3) is 5.56 Å². The Kier molecular flexibility index (Phi) is 3.54. The molecule has 0 aliphatic heterocycles. The van der Waals surface area contributed by atoms with Crippen molar-refractivity contribution >= 4 is 16.6 Å². The Morgan fingerprint density at radius 2 is 2.04 bits per heavy atom. The van der Waals surface area contributed by atoms with E-state index < -0.39 is 5.82 Å². The smallest absolute Gasteiger partial charge is 0.260 e. The number of rotatable bonds is 3. The Morgan fingerprint density at radius 3 is 2.86 bits per heavy atom. The van der Waals surface area contributed by atoms with E-state index in [0.29, 0.717) is 22.3 Å². The van der Waals surface area contributed by atoms with Gasteiger partial charge in [0, 0.05) is 43.0 Å². The van der Waals surface area contributed by atoms with E-state index in [-0.39, 0.29) is 17.8 Å². The number of hydrogen-bond acceptors (Lipinski definition) is 5. The van der Waals surface area contributed by atoms with E-state index >= 15 is 0 Å². The highest BCUT2D eigenvalue weighted by molar-refractivity contribution is 5.76. The Labute approximate surface area is 157 Å². The molecule has 0 aliphatic carbocycles. The largest absolute Gasteiger partial charge is 0.307 e. The van der Waals surface area contributed by atoms with Gasteiger partial charge in [0.05, 0.1) is 23.6 Å². The molecule has 5 rings (SSSR count). The minimum Gasteiger partial charge on any atom is -0.307 e. The van der Waals surface area contributed by atoms with Crippen molar-refractivity contribution in [2.45, 2.75) is 6.54 Å². The zero-order chi connectivity index (χ0) is 19.3. The molecule has 0 saturated carbocycles. The first-order valence-electron chi connectivity index (χ1n) is 8.56. The quantitative estimate of drug-likeness (QED) is 0.482. The lowest BCUT2D eigenvalue weighted by Crippen LogP contribution is -2.21. The molecule has 8 nitrogen and oxygen atoms in total. The van der Waals surface area contributed by atoms with Crippen LogP contribution in [0.1, 0.15) is 5.82 Å². The molecule has 138 valence electrons. The van der Waals surface area contributed by atoms with E-state index in [9.17, 15) is 9.18 Å². The third-order valence-electron chi connectivity index (χ3n) is 4.62. The molecule has 0 unspecified atom stereocenters. The van der Waals surface area contributed by atoms with Crippen molar-refractivity contribution in [3.8, 4) is 11.1 Å². The van der Waals surface area contributed by atoms with Gasteiger partial charge < -0.3 is 4.57 Å². The van der Waals surface area contributed by atoms with Crippen LogP contribution in [-0.2, 0) is 13.6 Å². The highest BCUT2D eigenvalue weighted by atomic mass is 19.1. The van der Waals surface area contributed by atoms with E-state index in [0.717, 1.165) is 5.56 Å². The summed E-state index contributed by atoms with van der Waals surface area (Å²) in [6, 6.07) is 6.61. The highest BCUT2D eigenvalue weighted by Gasteiger charge is 2.14. The molecule has 5 heterocycles. The summed E-state index contributed by atoms with van der Waals surface area (Å²) in [7, 11) is 1.80. The molecule has 0 aliphatic rings. The molecule has 0 radical (unpaired) electrons. The van der Waals surface area contributed by atoms with Crippen molar-refractivity contribution in [2.75, 3.05) is 0 Å². The molecule has 0 N–H and O–H groups in total. The number of fused-ring (bicyclic) bond motifs is 2. The van der Waals surface area contributed by atoms with Crippen molar-refractivity contribution in [3.05, 3.63) is 77.2 Å². The molecule has 0 atom stereocenters. The predicted octanol–water partition coefficient (Wildman–Crippen LogP) is 2.03. The van der Waals surface area contributed by atoms with Crippen LogP contribution in [0.15, 0.2) is 60.0 Å². The van der Waals surface area contributed by atoms with Gasteiger partial charge in [-0.2, -0.15) is 5.10 Å². The number of halogens is 1. The maximum absolute atomic E-state index is 14.6. The second kappa shape index (κ2) is 6.08. The van der Waals surface area contributed by atoms with Crippen LogP contribution in [-0.4, -0.2) is 33.9 Å². The minimum absolute atomic E-state index is 0.109. The number of hydrogen-bond donors (Lipinski definition) is 0. The Morgan fingerprint density at radius 1 is 1.14 bits per heavy atom. The summed E-state index contributed by atoms with van der Waals surface area (Å²) in [6.07, 6.45) is 8.50. The summed E-state index contributed by atoms with van der Waals surface area (Å²) >= 11 is 0. The topological polar surface area (TPSA) is 82.9 Å². The third kappa shape index (κ3) is 2.56. The average molecular weight is 375 g/mol. The molecule has 5 aromatic rings. The van der Waals surface area contributed by atoms with Gasteiger partial charge in [-0.15, -0.1) is 10.2 Å². The van der Waals surface area contributed by atoms with Gasteiger partial charge in [0.2, 0.25) is 0 Å². The fourth-order valence-corrected chi connectivity index (χ4v) is 3.23. The van der Waals surface area contributed by atoms with Crippen molar-refractivity contribution in [1.82, 2.24) is 33.9 Å². The van der Waals surface area contributed by atoms with E-state index in [1.807, 2.05) is 0 Å². The van der Waals surface area contributed by atoms with Crippen LogP contribution >= 0.6 is 0 Å². The van der Waals surface area contributed by atoms with Crippen LogP contribution in [0.3, 0.4) is 0 Å². The SMILES string of the molecule is Cn1cc(-c2cc(F)c3nnc(Cn4ccc5ncccc5c4=O)n3c2)cn1. The van der Waals surface area contributed by atoms with Gasteiger partial charge in [-0.1, -0.05) is 0 Å². The molecular weight excluding hydrogens is 361 g/mol. The molecule has 0 bridgehead atoms. The molecular formula is C19H14FN7O. The molecule has 5 aromatic heterocycles. The molecule has 0 fully saturated rings. The van der Waals surface area contributed by atoms with E-state index in [4.69, 9.17) is 0 Å². The fourth-order valence-electron chi connectivity index (χ4n) is 3.23. The van der Waals surface area contributed by atoms with Crippen LogP contribution in [0.5, 0.6) is 0 Å². The lowest BCUT2D eigenvalue weighted by molar-refractivity contribution is 0.628. The molecule has 9 heteroatoms. The number of aryl methyl sites for hydroxylation is 1. The zero-order valence-electron chi connectivity index (χ0n) is 14.8. The normalized spacial score (nSPS) is 11.5. The van der Waals surface area contributed by atoms with Crippen molar-refractivity contribution in [2.24, 2.45) is 7.05 Å². The van der Waals surface area contributed by atoms with Crippen LogP contribution in [0, 0.1) is 5.82 Å². The van der Waals surface area contributed by atoms with Gasteiger partial charge in [0.1, 0.15) is 0 Å². The van der Waals surface area contributed by atoms with Crippen molar-refractivity contribution < 1.29 is 4.39 Å². The van der Waals surface area contributed by atoms with Crippen molar-refractivity contribution in [1.29, 1.82) is 0 Å². The second-order valence-electron chi connectivity index (χ2n) is 6.47. The maximum atomic E-state index is 14.6. The van der Waals surface area contributed by atoms with Crippen LogP contribution in [0.4, 0.5) is 4.39 Å². The summed E-state index contributed by atoms with van der Waals surface area (Å²) in [5.41, 5.74) is 1.97. The van der Waals surface area contributed by atoms with E-state index in [1.54, 1.807) is 65.3 Å². The Bertz CT molecular complexity index is 1400. The Hall–Kier alpha value is -3.88. The summed E-state index contributed by atoms with van der Waals surface area (Å²) in [5.74, 6) is -0.0415. The minimum atomic E-state index is -0.491. The van der Waals surface area contributed by atoms with Crippen LogP contribution in [0.2, 0.25) is 0 Å². The van der Waals surface area contributed by atoms with E-state index in [2.05, 4.69) is 20.3 Å². The summed E-state index contributed by atoms with van der Waals surface area (Å²) in [6.45, 7) is 0.154. The molecule has 0 spiro atoms. The molecule has 0 saturated heterocycles. The lowest BCUT2D eigenvalue weighted by Gasteiger charge is -2.07. The first-order valence-corrected chi connectivity index (χ1v) is 8.56. The first-order chi connectivity index (χ1) is 13.6. The lowest BCUT2D eigenvalue weighted by atomic mass is 10.1. The monoisotopic (exact) mass is 375 g/mol. The number of nitrogens with zero attached hydrogens (tertiary/aromatic N) is 7. The van der Waals surface area contributed by atoms with E-state index in [1.165, 1.54) is 10.6 Å². The van der Waals surface area contributed by atoms with Gasteiger partial charge in [-0.25, -0.2) is 4.39 Å².